The largest absolute Gasteiger partial charge is 0.372 e. The Bertz CT molecular complexity index is 574. The molecule has 89 valence electrons. The predicted octanol–water partition coefficient (Wildman–Crippen LogP) is 3.75. The molecule has 0 aromatic heterocycles. The van der Waals surface area contributed by atoms with E-state index in [-0.39, 0.29) is 0 Å². The molecule has 0 saturated carbocycles. The van der Waals surface area contributed by atoms with Gasteiger partial charge in [0.2, 0.25) is 0 Å². The van der Waals surface area contributed by atoms with Crippen LogP contribution >= 0.6 is 33.2 Å². The molecule has 2 rings (SSSR count). The standard InChI is InChI=1S/C14H8Cl3Si/c15-18(16,17)14-10-8-13(9-11-14)7-6-12-4-2-1-3-5-12/h2-5,8-11H. The summed E-state index contributed by atoms with van der Waals surface area (Å²) in [6, 6.07) is 15.0. The normalized spacial score (nSPS) is 10.6. The summed E-state index contributed by atoms with van der Waals surface area (Å²) in [7, 11) is 0. The maximum atomic E-state index is 5.91. The van der Waals surface area contributed by atoms with Crippen LogP contribution in [0.25, 0.3) is 0 Å². The molecule has 0 heterocycles. The molecule has 0 N–H and O–H groups in total. The van der Waals surface area contributed by atoms with E-state index in [4.69, 9.17) is 33.2 Å². The molecular formula is C14H8Cl3Si. The van der Waals surface area contributed by atoms with Crippen molar-refractivity contribution in [1.82, 2.24) is 0 Å². The third-order valence-corrected chi connectivity index (χ3v) is 5.23. The van der Waals surface area contributed by atoms with Crippen LogP contribution in [0.4, 0.5) is 0 Å². The fraction of sp³-hybridized carbons (Fsp3) is 0. The van der Waals surface area contributed by atoms with E-state index in [1.165, 1.54) is 0 Å². The van der Waals surface area contributed by atoms with E-state index in [1.54, 1.807) is 0 Å². The number of halogens is 3. The Balaban J connectivity index is 2.20. The molecule has 0 saturated heterocycles. The first-order valence-corrected chi connectivity index (χ1v) is 10.2. The molecule has 0 spiro atoms. The highest BCUT2D eigenvalue weighted by atomic mass is 35.8. The Kier molecular flexibility index (Phi) is 4.37. The zero-order valence-electron chi connectivity index (χ0n) is 9.25. The van der Waals surface area contributed by atoms with Crippen molar-refractivity contribution in [2.45, 2.75) is 0 Å². The summed E-state index contributed by atoms with van der Waals surface area (Å²) < 4.78 is 0. The Hall–Kier alpha value is -0.913. The van der Waals surface area contributed by atoms with Crippen LogP contribution in [0.5, 0.6) is 0 Å². The van der Waals surface area contributed by atoms with E-state index in [1.807, 2.05) is 48.5 Å². The molecular weight excluding hydrogens is 303 g/mol. The third-order valence-electron chi connectivity index (χ3n) is 2.28. The van der Waals surface area contributed by atoms with Gasteiger partial charge in [0.1, 0.15) is 0 Å². The van der Waals surface area contributed by atoms with Gasteiger partial charge in [-0.05, 0) is 35.5 Å². The molecule has 0 aliphatic carbocycles. The van der Waals surface area contributed by atoms with E-state index >= 15 is 0 Å². The molecule has 2 aromatic carbocycles. The van der Waals surface area contributed by atoms with E-state index in [0.29, 0.717) is 0 Å². The summed E-state index contributed by atoms with van der Waals surface area (Å²) in [6.07, 6.45) is 0. The molecule has 0 nitrogen and oxygen atoms in total. The predicted molar refractivity (Wildman–Crippen MR) is 80.6 cm³/mol. The summed E-state index contributed by atoms with van der Waals surface area (Å²) >= 11 is 17.7. The first kappa shape index (κ1) is 13.5. The molecule has 0 fully saturated rings. The minimum atomic E-state index is -2.78. The zero-order valence-corrected chi connectivity index (χ0v) is 12.5. The fourth-order valence-corrected chi connectivity index (χ4v) is 3.04. The average Bonchev–Trinajstić information content (AvgIpc) is 2.37. The molecule has 18 heavy (non-hydrogen) atoms. The molecule has 2 aromatic rings. The van der Waals surface area contributed by atoms with Crippen LogP contribution in [0, 0.1) is 17.9 Å². The van der Waals surface area contributed by atoms with Crippen LogP contribution in [-0.2, 0) is 0 Å². The number of hydrogen-bond acceptors (Lipinski definition) is 0. The van der Waals surface area contributed by atoms with E-state index in [0.717, 1.165) is 16.3 Å². The third kappa shape index (κ3) is 3.80. The molecule has 0 bridgehead atoms. The molecule has 0 aliphatic rings. The lowest BCUT2D eigenvalue weighted by molar-refractivity contribution is 1.62. The van der Waals surface area contributed by atoms with Crippen molar-refractivity contribution in [2.75, 3.05) is 0 Å². The van der Waals surface area contributed by atoms with Gasteiger partial charge in [-0.25, -0.2) is 0 Å². The van der Waals surface area contributed by atoms with Gasteiger partial charge in [0.05, 0.1) is 0 Å². The van der Waals surface area contributed by atoms with Crippen LogP contribution in [0.15, 0.2) is 48.5 Å². The minimum Gasteiger partial charge on any atom is -0.121 e. The van der Waals surface area contributed by atoms with Gasteiger partial charge in [0.25, 0.3) is 0 Å². The quantitative estimate of drug-likeness (QED) is 0.427. The Morgan fingerprint density at radius 2 is 1.28 bits per heavy atom. The summed E-state index contributed by atoms with van der Waals surface area (Å²) in [6.45, 7) is 0. The summed E-state index contributed by atoms with van der Waals surface area (Å²) in [5.41, 5.74) is 1.85. The highest BCUT2D eigenvalue weighted by Crippen LogP contribution is 2.19. The molecule has 0 unspecified atom stereocenters. The minimum absolute atomic E-state index is 0.771. The first-order chi connectivity index (χ1) is 8.55. The van der Waals surface area contributed by atoms with Crippen molar-refractivity contribution >= 4 is 44.4 Å². The molecule has 0 atom stereocenters. The Morgan fingerprint density at radius 3 is 1.78 bits per heavy atom. The lowest BCUT2D eigenvalue weighted by Gasteiger charge is -2.07. The molecule has 0 amide bonds. The maximum absolute atomic E-state index is 5.91. The van der Waals surface area contributed by atoms with Crippen molar-refractivity contribution in [1.29, 1.82) is 0 Å². The van der Waals surface area contributed by atoms with Crippen LogP contribution in [0.1, 0.15) is 11.1 Å². The zero-order chi connectivity index (χ0) is 13.0. The van der Waals surface area contributed by atoms with Gasteiger partial charge in [0.15, 0.2) is 0 Å². The van der Waals surface area contributed by atoms with Gasteiger partial charge in [-0.3, -0.25) is 0 Å². The summed E-state index contributed by atoms with van der Waals surface area (Å²) in [5.74, 6) is 6.12. The van der Waals surface area contributed by atoms with Gasteiger partial charge in [-0.2, -0.15) is 0 Å². The highest BCUT2D eigenvalue weighted by Gasteiger charge is 2.27. The van der Waals surface area contributed by atoms with Gasteiger partial charge in [-0.1, -0.05) is 36.1 Å². The molecule has 4 heteroatoms. The molecule has 0 aliphatic heterocycles. The van der Waals surface area contributed by atoms with Crippen molar-refractivity contribution in [3.05, 3.63) is 65.7 Å². The second kappa shape index (κ2) is 5.82. The van der Waals surface area contributed by atoms with Gasteiger partial charge in [-0.15, -0.1) is 33.2 Å². The lowest BCUT2D eigenvalue weighted by atomic mass is 10.2. The Morgan fingerprint density at radius 1 is 0.778 bits per heavy atom. The van der Waals surface area contributed by atoms with Crippen LogP contribution in [-0.4, -0.2) is 6.00 Å². The first-order valence-electron chi connectivity index (χ1n) is 5.21. The van der Waals surface area contributed by atoms with Gasteiger partial charge in [0, 0.05) is 11.1 Å². The number of rotatable bonds is 1. The smallest absolute Gasteiger partial charge is 0.121 e. The van der Waals surface area contributed by atoms with Crippen molar-refractivity contribution in [2.24, 2.45) is 0 Å². The van der Waals surface area contributed by atoms with Crippen LogP contribution in [0.3, 0.4) is 0 Å². The summed E-state index contributed by atoms with van der Waals surface area (Å²) in [4.78, 5) is 0. The monoisotopic (exact) mass is 309 g/mol. The average molecular weight is 311 g/mol. The van der Waals surface area contributed by atoms with E-state index < -0.39 is 6.00 Å². The number of benzene rings is 2. The second-order valence-electron chi connectivity index (χ2n) is 3.61. The van der Waals surface area contributed by atoms with Crippen LogP contribution < -0.4 is 5.19 Å². The van der Waals surface area contributed by atoms with E-state index in [9.17, 15) is 0 Å². The van der Waals surface area contributed by atoms with Crippen molar-refractivity contribution in [3.8, 4) is 11.8 Å². The van der Waals surface area contributed by atoms with Crippen LogP contribution in [0.2, 0.25) is 0 Å². The van der Waals surface area contributed by atoms with Crippen molar-refractivity contribution in [3.63, 3.8) is 0 Å². The summed E-state index contributed by atoms with van der Waals surface area (Å²) in [5, 5.41) is 0.771. The second-order valence-corrected chi connectivity index (χ2v) is 12.0. The topological polar surface area (TPSA) is 0 Å². The van der Waals surface area contributed by atoms with Crippen molar-refractivity contribution < 1.29 is 0 Å². The lowest BCUT2D eigenvalue weighted by Crippen LogP contribution is -2.29. The highest BCUT2D eigenvalue weighted by molar-refractivity contribution is 7.69. The van der Waals surface area contributed by atoms with Gasteiger partial charge >= 0.3 is 6.00 Å². The molecule has 1 radical (unpaired) electrons. The fourth-order valence-electron chi connectivity index (χ4n) is 1.36. The number of hydrogen-bond donors (Lipinski definition) is 0. The van der Waals surface area contributed by atoms with Gasteiger partial charge < -0.3 is 0 Å². The maximum Gasteiger partial charge on any atom is 0.372 e. The Labute approximate surface area is 122 Å². The SMILES string of the molecule is Cl[Si](Cl)(Cl)c1ccc(C#Cc2cc[c]cc2)cc1. The van der Waals surface area contributed by atoms with E-state index in [2.05, 4.69) is 17.9 Å².